The summed E-state index contributed by atoms with van der Waals surface area (Å²) in [6, 6.07) is 13.6. The number of carbonyl (C=O) groups is 3. The van der Waals surface area contributed by atoms with E-state index in [1.54, 1.807) is 17.0 Å². The third kappa shape index (κ3) is 11.2. The van der Waals surface area contributed by atoms with E-state index in [1.807, 2.05) is 36.4 Å². The van der Waals surface area contributed by atoms with E-state index in [4.69, 9.17) is 9.47 Å². The lowest BCUT2D eigenvalue weighted by Crippen LogP contribution is -2.54. The van der Waals surface area contributed by atoms with Gasteiger partial charge in [-0.3, -0.25) is 9.59 Å². The fraction of sp³-hybridized carbons (Fsp3) is 0.559. The summed E-state index contributed by atoms with van der Waals surface area (Å²) in [6.07, 6.45) is 3.00. The van der Waals surface area contributed by atoms with Crippen LogP contribution >= 0.6 is 0 Å². The van der Waals surface area contributed by atoms with Gasteiger partial charge in [0.25, 0.3) is 0 Å². The predicted octanol–water partition coefficient (Wildman–Crippen LogP) is 3.43. The largest absolute Gasteiger partial charge is 0.466 e. The summed E-state index contributed by atoms with van der Waals surface area (Å²) in [7, 11) is -4.06. The van der Waals surface area contributed by atoms with Crippen molar-refractivity contribution in [3.05, 3.63) is 59.7 Å². The molecule has 13 heteroatoms. The predicted molar refractivity (Wildman–Crippen MR) is 179 cm³/mol. The Morgan fingerprint density at radius 2 is 1.77 bits per heavy atom. The minimum atomic E-state index is -4.06. The maximum Gasteiger partial charge on any atom is 0.407 e. The highest BCUT2D eigenvalue weighted by molar-refractivity contribution is 7.89. The molecule has 0 saturated carbocycles. The Morgan fingerprint density at radius 1 is 1.02 bits per heavy atom. The Bertz CT molecular complexity index is 1460. The van der Waals surface area contributed by atoms with Crippen molar-refractivity contribution in [2.75, 3.05) is 51.2 Å². The molecule has 2 heterocycles. The van der Waals surface area contributed by atoms with Crippen molar-refractivity contribution in [3.8, 4) is 0 Å². The zero-order valence-electron chi connectivity index (χ0n) is 27.7. The fourth-order valence-electron chi connectivity index (χ4n) is 5.94. The lowest BCUT2D eigenvalue weighted by atomic mass is 9.82. The number of anilines is 1. The van der Waals surface area contributed by atoms with Gasteiger partial charge in [0.15, 0.2) is 0 Å². The quantitative estimate of drug-likeness (QED) is 0.165. The molecule has 2 aliphatic heterocycles. The van der Waals surface area contributed by atoms with Crippen LogP contribution in [0, 0.1) is 11.3 Å². The number of amides is 2. The molecule has 47 heavy (non-hydrogen) atoms. The number of rotatable bonds is 15. The highest BCUT2D eigenvalue weighted by Crippen LogP contribution is 2.36. The van der Waals surface area contributed by atoms with Crippen LogP contribution in [-0.4, -0.2) is 83.2 Å². The van der Waals surface area contributed by atoms with Gasteiger partial charge in [0.1, 0.15) is 17.5 Å². The zero-order chi connectivity index (χ0) is 33.9. The summed E-state index contributed by atoms with van der Waals surface area (Å²) in [5, 5.41) is 9.22. The summed E-state index contributed by atoms with van der Waals surface area (Å²) < 4.78 is 40.6. The van der Waals surface area contributed by atoms with E-state index in [1.165, 1.54) is 6.92 Å². The van der Waals surface area contributed by atoms with Crippen LogP contribution in [0.1, 0.15) is 57.6 Å². The van der Waals surface area contributed by atoms with Crippen molar-refractivity contribution in [2.45, 2.75) is 70.4 Å². The number of hydrogen-bond donors (Lipinski definition) is 4. The van der Waals surface area contributed by atoms with Gasteiger partial charge in [-0.2, -0.15) is 4.72 Å². The topological polar surface area (TPSA) is 155 Å². The number of nitrogens with one attached hydrogen (secondary N) is 4. The molecule has 1 atom stereocenters. The number of esters is 1. The Balaban J connectivity index is 1.34. The molecule has 0 aromatic heterocycles. The van der Waals surface area contributed by atoms with Crippen LogP contribution in [-0.2, 0) is 42.1 Å². The zero-order valence-corrected chi connectivity index (χ0v) is 28.5. The van der Waals surface area contributed by atoms with Crippen LogP contribution in [0.15, 0.2) is 53.4 Å². The number of piperidine rings is 1. The molecule has 2 aliphatic rings. The average Bonchev–Trinajstić information content (AvgIpc) is 3.04. The van der Waals surface area contributed by atoms with E-state index < -0.39 is 22.2 Å². The first-order valence-electron chi connectivity index (χ1n) is 16.4. The summed E-state index contributed by atoms with van der Waals surface area (Å²) >= 11 is 0. The molecule has 258 valence electrons. The molecule has 1 fully saturated rings. The smallest absolute Gasteiger partial charge is 0.407 e. The van der Waals surface area contributed by atoms with Crippen LogP contribution in [0.5, 0.6) is 0 Å². The molecular weight excluding hydrogens is 622 g/mol. The monoisotopic (exact) mass is 671 g/mol. The van der Waals surface area contributed by atoms with Gasteiger partial charge in [0, 0.05) is 39.6 Å². The molecule has 1 saturated heterocycles. The van der Waals surface area contributed by atoms with Crippen LogP contribution in [0.2, 0.25) is 0 Å². The molecule has 2 aromatic carbocycles. The first kappa shape index (κ1) is 36.2. The Labute approximate surface area is 278 Å². The number of hydrogen-bond acceptors (Lipinski definition) is 9. The number of fused-ring (bicyclic) bond motifs is 1. The summed E-state index contributed by atoms with van der Waals surface area (Å²) in [6.45, 7) is 8.68. The lowest BCUT2D eigenvalue weighted by Gasteiger charge is -2.35. The van der Waals surface area contributed by atoms with Crippen molar-refractivity contribution in [1.29, 1.82) is 0 Å². The van der Waals surface area contributed by atoms with E-state index in [-0.39, 0.29) is 35.3 Å². The molecule has 12 nitrogen and oxygen atoms in total. The van der Waals surface area contributed by atoms with Crippen molar-refractivity contribution in [2.24, 2.45) is 11.3 Å². The molecule has 2 amide bonds. The lowest BCUT2D eigenvalue weighted by molar-refractivity contribution is -0.141. The maximum absolute atomic E-state index is 13.8. The van der Waals surface area contributed by atoms with Gasteiger partial charge in [-0.1, -0.05) is 56.3 Å². The average molecular weight is 672 g/mol. The van der Waals surface area contributed by atoms with Gasteiger partial charge in [-0.15, -0.1) is 0 Å². The number of para-hydroxylation sites is 1. The normalized spacial score (nSPS) is 16.8. The molecule has 2 aromatic rings. The van der Waals surface area contributed by atoms with Crippen LogP contribution in [0.25, 0.3) is 0 Å². The molecule has 0 radical (unpaired) electrons. The van der Waals surface area contributed by atoms with Crippen molar-refractivity contribution in [1.82, 2.24) is 20.3 Å². The van der Waals surface area contributed by atoms with Crippen LogP contribution in [0.3, 0.4) is 0 Å². The van der Waals surface area contributed by atoms with Gasteiger partial charge < -0.3 is 30.3 Å². The second kappa shape index (κ2) is 16.9. The number of carbonyl (C=O) groups excluding carboxylic acids is 3. The first-order valence-corrected chi connectivity index (χ1v) is 17.9. The van der Waals surface area contributed by atoms with Crippen molar-refractivity contribution >= 4 is 33.7 Å². The molecular formula is C34H49N5O7S. The number of alkyl carbamates (subject to hydrolysis) is 1. The van der Waals surface area contributed by atoms with E-state index in [9.17, 15) is 22.8 Å². The van der Waals surface area contributed by atoms with Crippen LogP contribution in [0.4, 0.5) is 10.5 Å². The van der Waals surface area contributed by atoms with Gasteiger partial charge >= 0.3 is 12.1 Å². The highest BCUT2D eigenvalue weighted by Gasteiger charge is 2.34. The highest BCUT2D eigenvalue weighted by atomic mass is 32.2. The number of benzene rings is 2. The van der Waals surface area contributed by atoms with E-state index in [0.717, 1.165) is 36.8 Å². The third-order valence-corrected chi connectivity index (χ3v) is 10.0. The second-order valence-electron chi connectivity index (χ2n) is 13.1. The van der Waals surface area contributed by atoms with Crippen molar-refractivity contribution < 1.29 is 32.3 Å². The number of ether oxygens (including phenoxy) is 2. The van der Waals surface area contributed by atoms with E-state index >= 15 is 0 Å². The Morgan fingerprint density at radius 3 is 2.49 bits per heavy atom. The first-order chi connectivity index (χ1) is 22.4. The third-order valence-electron chi connectivity index (χ3n) is 8.53. The molecule has 4 rings (SSSR count). The standard InChI is InChI=1S/C34H49N5O7S/c1-25(40)45-20-15-26-13-18-39(19-14-26)32(41)29(22-35-16-8-17-36-33(42)46-23-27-9-5-4-6-10-27)38-47(43,44)30-12-7-11-28-21-34(2,3)24-37-31(28)30/h4-7,9-12,26,29,35,37-38H,8,13-24H2,1-3H3,(H,36,42). The molecule has 4 N–H and O–H groups in total. The van der Waals surface area contributed by atoms with Gasteiger partial charge in [-0.05, 0) is 67.2 Å². The minimum absolute atomic E-state index is 0.0109. The van der Waals surface area contributed by atoms with E-state index in [0.29, 0.717) is 57.4 Å². The number of likely N-dealkylation sites (tertiary alicyclic amines) is 1. The van der Waals surface area contributed by atoms with E-state index in [2.05, 4.69) is 34.5 Å². The SMILES string of the molecule is CC(=O)OCCC1CCN(C(=O)C(CNCCCNC(=O)OCc2ccccc2)NS(=O)(=O)c2cccc3c2NCC(C)(C)C3)CC1. The molecule has 0 aliphatic carbocycles. The van der Waals surface area contributed by atoms with Gasteiger partial charge in [0.2, 0.25) is 15.9 Å². The van der Waals surface area contributed by atoms with Crippen LogP contribution < -0.4 is 20.7 Å². The second-order valence-corrected chi connectivity index (χ2v) is 14.8. The number of sulfonamides is 1. The maximum atomic E-state index is 13.8. The number of nitrogens with zero attached hydrogens (tertiary/aromatic N) is 1. The Kier molecular flexibility index (Phi) is 13.0. The summed E-state index contributed by atoms with van der Waals surface area (Å²) in [5.74, 6) is -0.275. The van der Waals surface area contributed by atoms with Gasteiger partial charge in [0.05, 0.1) is 12.3 Å². The Hall–Kier alpha value is -3.68. The molecule has 0 bridgehead atoms. The summed E-state index contributed by atoms with van der Waals surface area (Å²) in [4.78, 5) is 38.8. The summed E-state index contributed by atoms with van der Waals surface area (Å²) in [5.41, 5.74) is 2.39. The molecule has 1 unspecified atom stereocenters. The fourth-order valence-corrected chi connectivity index (χ4v) is 7.36. The molecule has 0 spiro atoms. The van der Waals surface area contributed by atoms with Crippen molar-refractivity contribution in [3.63, 3.8) is 0 Å². The van der Waals surface area contributed by atoms with Gasteiger partial charge in [-0.25, -0.2) is 13.2 Å². The minimum Gasteiger partial charge on any atom is -0.466 e.